The lowest BCUT2D eigenvalue weighted by Gasteiger charge is -2.73. The lowest BCUT2D eigenvalue weighted by molar-refractivity contribution is -0.165. The Labute approximate surface area is 229 Å². The van der Waals surface area contributed by atoms with Crippen LogP contribution in [0.2, 0.25) is 0 Å². The van der Waals surface area contributed by atoms with Gasteiger partial charge in [-0.15, -0.1) is 0 Å². The zero-order valence-electron chi connectivity index (χ0n) is 22.9. The molecule has 1 N–H and O–H groups in total. The van der Waals surface area contributed by atoms with E-state index in [-0.39, 0.29) is 30.2 Å². The van der Waals surface area contributed by atoms with Crippen molar-refractivity contribution in [1.29, 1.82) is 0 Å². The molecule has 0 aromatic heterocycles. The molecular weight excluding hydrogens is 521 g/mol. The molecule has 6 rings (SSSR count). The normalized spacial score (nSPS) is 25.6. The van der Waals surface area contributed by atoms with Crippen molar-refractivity contribution in [3.05, 3.63) is 71.0 Å². The predicted molar refractivity (Wildman–Crippen MR) is 146 cm³/mol. The summed E-state index contributed by atoms with van der Waals surface area (Å²) in [6.45, 7) is 5.89. The Bertz CT molecular complexity index is 1370. The highest BCUT2D eigenvalue weighted by molar-refractivity contribution is 7.90. The van der Waals surface area contributed by atoms with E-state index in [0.29, 0.717) is 25.8 Å². The fraction of sp³-hybridized carbons (Fsp3) is 0.517. The Hall–Kier alpha value is -3.14. The Morgan fingerprint density at radius 1 is 1.10 bits per heavy atom. The first-order chi connectivity index (χ1) is 18.2. The maximum Gasteiger partial charge on any atom is 0.410 e. The van der Waals surface area contributed by atoms with Crippen LogP contribution in [0.25, 0.3) is 0 Å². The number of benzene rings is 2. The van der Waals surface area contributed by atoms with Crippen molar-refractivity contribution < 1.29 is 27.1 Å². The van der Waals surface area contributed by atoms with Gasteiger partial charge in [0.15, 0.2) is 0 Å². The van der Waals surface area contributed by atoms with E-state index in [1.807, 2.05) is 18.2 Å². The van der Waals surface area contributed by atoms with Crippen molar-refractivity contribution in [2.75, 3.05) is 25.1 Å². The zero-order chi connectivity index (χ0) is 28.2. The summed E-state index contributed by atoms with van der Waals surface area (Å²) in [5, 5.41) is 3.23. The first-order valence-corrected chi connectivity index (χ1v) is 15.4. The standard InChI is InChI=1S/C29H36FN3O5S/c1-27(2,3)38-26(35)33(15-16-39(4,36)37)29-17-28(18-29,19-29)31-25(34)32-14-13-20-7-5-6-8-23(20)24(32)21-9-11-22(30)12-10-21/h5-12,24H,13-19H2,1-4H3,(H,31,34)/t24-,28?,29?/m0/s1. The molecular formula is C29H36FN3O5S. The van der Waals surface area contributed by atoms with Crippen LogP contribution in [-0.2, 0) is 21.0 Å². The molecule has 3 saturated carbocycles. The Morgan fingerprint density at radius 2 is 1.74 bits per heavy atom. The van der Waals surface area contributed by atoms with Crippen LogP contribution in [0.3, 0.4) is 0 Å². The third-order valence-corrected chi connectivity index (χ3v) is 8.90. The summed E-state index contributed by atoms with van der Waals surface area (Å²) in [7, 11) is -3.28. The maximum atomic E-state index is 13.7. The first-order valence-electron chi connectivity index (χ1n) is 13.3. The van der Waals surface area contributed by atoms with Crippen LogP contribution in [0.1, 0.15) is 62.8 Å². The van der Waals surface area contributed by atoms with Gasteiger partial charge in [-0.1, -0.05) is 36.4 Å². The molecule has 3 fully saturated rings. The molecule has 4 aliphatic rings. The number of urea groups is 1. The summed E-state index contributed by atoms with van der Waals surface area (Å²) in [5.41, 5.74) is 1.34. The van der Waals surface area contributed by atoms with Gasteiger partial charge in [-0.3, -0.25) is 0 Å². The molecule has 3 amide bonds. The van der Waals surface area contributed by atoms with Gasteiger partial charge >= 0.3 is 12.1 Å². The maximum absolute atomic E-state index is 13.7. The fourth-order valence-electron chi connectivity index (χ4n) is 6.34. The molecule has 2 aromatic carbocycles. The van der Waals surface area contributed by atoms with Crippen molar-refractivity contribution in [3.8, 4) is 0 Å². The van der Waals surface area contributed by atoms with Crippen molar-refractivity contribution in [3.63, 3.8) is 0 Å². The van der Waals surface area contributed by atoms with Crippen LogP contribution in [0.15, 0.2) is 48.5 Å². The molecule has 0 saturated heterocycles. The monoisotopic (exact) mass is 557 g/mol. The highest BCUT2D eigenvalue weighted by Gasteiger charge is 2.72. The number of carbonyl (C=O) groups is 2. The number of rotatable bonds is 6. The first kappa shape index (κ1) is 27.4. The molecule has 8 nitrogen and oxygen atoms in total. The van der Waals surface area contributed by atoms with E-state index >= 15 is 0 Å². The summed E-state index contributed by atoms with van der Waals surface area (Å²) >= 11 is 0. The van der Waals surface area contributed by atoms with E-state index in [9.17, 15) is 22.4 Å². The van der Waals surface area contributed by atoms with Crippen LogP contribution in [0, 0.1) is 5.82 Å². The minimum Gasteiger partial charge on any atom is -0.444 e. The summed E-state index contributed by atoms with van der Waals surface area (Å²) in [4.78, 5) is 30.1. The van der Waals surface area contributed by atoms with E-state index < -0.39 is 32.6 Å². The largest absolute Gasteiger partial charge is 0.444 e. The number of nitrogens with zero attached hydrogens (tertiary/aromatic N) is 2. The fourth-order valence-corrected chi connectivity index (χ4v) is 6.85. The molecule has 0 spiro atoms. The van der Waals surface area contributed by atoms with Gasteiger partial charge in [-0.05, 0) is 75.3 Å². The molecule has 0 unspecified atom stereocenters. The Balaban J connectivity index is 1.32. The Kier molecular flexibility index (Phi) is 6.68. The molecule has 0 radical (unpaired) electrons. The zero-order valence-corrected chi connectivity index (χ0v) is 23.7. The number of amides is 3. The summed E-state index contributed by atoms with van der Waals surface area (Å²) in [5.74, 6) is -0.483. The van der Waals surface area contributed by atoms with Crippen molar-refractivity contribution in [1.82, 2.24) is 15.1 Å². The quantitative estimate of drug-likeness (QED) is 0.567. The third kappa shape index (κ3) is 5.48. The summed E-state index contributed by atoms with van der Waals surface area (Å²) in [6, 6.07) is 13.7. The molecule has 2 bridgehead atoms. The van der Waals surface area contributed by atoms with Gasteiger partial charge in [-0.25, -0.2) is 22.4 Å². The third-order valence-electron chi connectivity index (χ3n) is 7.98. The highest BCUT2D eigenvalue weighted by atomic mass is 32.2. The molecule has 1 heterocycles. The molecule has 39 heavy (non-hydrogen) atoms. The number of hydrogen-bond donors (Lipinski definition) is 1. The molecule has 1 aliphatic heterocycles. The molecule has 210 valence electrons. The number of halogens is 1. The summed E-state index contributed by atoms with van der Waals surface area (Å²) < 4.78 is 43.0. The molecule has 3 aliphatic carbocycles. The van der Waals surface area contributed by atoms with Gasteiger partial charge in [0.2, 0.25) is 0 Å². The van der Waals surface area contributed by atoms with Gasteiger partial charge in [0.25, 0.3) is 0 Å². The topological polar surface area (TPSA) is 96.0 Å². The number of ether oxygens (including phenoxy) is 1. The lowest BCUT2D eigenvalue weighted by atomic mass is 9.43. The number of nitrogens with one attached hydrogen (secondary N) is 1. The van der Waals surface area contributed by atoms with E-state index in [0.717, 1.165) is 23.8 Å². The van der Waals surface area contributed by atoms with Crippen molar-refractivity contribution in [2.24, 2.45) is 0 Å². The Morgan fingerprint density at radius 3 is 2.36 bits per heavy atom. The van der Waals surface area contributed by atoms with Crippen LogP contribution in [0.4, 0.5) is 14.0 Å². The van der Waals surface area contributed by atoms with Crippen molar-refractivity contribution in [2.45, 2.75) is 69.2 Å². The second kappa shape index (κ2) is 9.50. The summed E-state index contributed by atoms with van der Waals surface area (Å²) in [6.07, 6.45) is 2.96. The average Bonchev–Trinajstić information content (AvgIpc) is 2.79. The second-order valence-electron chi connectivity index (χ2n) is 12.3. The van der Waals surface area contributed by atoms with Gasteiger partial charge < -0.3 is 19.9 Å². The van der Waals surface area contributed by atoms with Crippen molar-refractivity contribution >= 4 is 22.0 Å². The van der Waals surface area contributed by atoms with Crippen LogP contribution in [0.5, 0.6) is 0 Å². The average molecular weight is 558 g/mol. The number of hydrogen-bond acceptors (Lipinski definition) is 5. The predicted octanol–water partition coefficient (Wildman–Crippen LogP) is 4.44. The number of carbonyl (C=O) groups excluding carboxylic acids is 2. The molecule has 2 aromatic rings. The van der Waals surface area contributed by atoms with E-state index in [4.69, 9.17) is 4.74 Å². The van der Waals surface area contributed by atoms with Crippen LogP contribution in [-0.4, -0.2) is 72.1 Å². The van der Waals surface area contributed by atoms with Gasteiger partial charge in [-0.2, -0.15) is 0 Å². The smallest absolute Gasteiger partial charge is 0.410 e. The van der Waals surface area contributed by atoms with Gasteiger partial charge in [0.1, 0.15) is 21.3 Å². The SMILES string of the molecule is CC(C)(C)OC(=O)N(CCS(C)(=O)=O)C12CC(NC(=O)N3CCc4ccccc4[C@@H]3c3ccc(F)cc3)(C1)C2. The van der Waals surface area contributed by atoms with Gasteiger partial charge in [0, 0.05) is 24.9 Å². The van der Waals surface area contributed by atoms with Gasteiger partial charge in [0.05, 0.1) is 17.3 Å². The number of sulfone groups is 1. The number of fused-ring (bicyclic) bond motifs is 1. The molecule has 1 atom stereocenters. The lowest BCUT2D eigenvalue weighted by Crippen LogP contribution is -2.85. The van der Waals surface area contributed by atoms with Crippen LogP contribution < -0.4 is 5.32 Å². The highest BCUT2D eigenvalue weighted by Crippen LogP contribution is 2.64. The minimum atomic E-state index is -3.28. The van der Waals surface area contributed by atoms with E-state index in [2.05, 4.69) is 11.4 Å². The van der Waals surface area contributed by atoms with E-state index in [1.165, 1.54) is 17.7 Å². The minimum absolute atomic E-state index is 0.0489. The molecule has 10 heteroatoms. The second-order valence-corrected chi connectivity index (χ2v) is 14.6. The van der Waals surface area contributed by atoms with Crippen LogP contribution >= 0.6 is 0 Å². The van der Waals surface area contributed by atoms with E-state index in [1.54, 1.807) is 42.7 Å².